The Balaban J connectivity index is 2.07. The molecule has 1 aliphatic carbocycles. The molecular formula is C14H18O2S. The Bertz CT molecular complexity index is 364. The Kier molecular flexibility index (Phi) is 4.49. The van der Waals surface area contributed by atoms with E-state index in [1.165, 1.54) is 11.3 Å². The Morgan fingerprint density at radius 3 is 2.53 bits per heavy atom. The molecular weight excluding hydrogens is 232 g/mol. The van der Waals surface area contributed by atoms with Crippen molar-refractivity contribution >= 4 is 17.7 Å². The van der Waals surface area contributed by atoms with Gasteiger partial charge in [0.05, 0.1) is 5.92 Å². The average molecular weight is 250 g/mol. The summed E-state index contributed by atoms with van der Waals surface area (Å²) in [6.45, 7) is 0. The van der Waals surface area contributed by atoms with Crippen LogP contribution in [0, 0.1) is 5.92 Å². The van der Waals surface area contributed by atoms with Gasteiger partial charge in [0.1, 0.15) is 0 Å². The number of carboxylic acid groups (broad SMARTS) is 1. The number of carboxylic acids is 1. The van der Waals surface area contributed by atoms with Crippen molar-refractivity contribution in [2.24, 2.45) is 5.92 Å². The highest BCUT2D eigenvalue weighted by molar-refractivity contribution is 8.00. The van der Waals surface area contributed by atoms with Crippen LogP contribution in [0.15, 0.2) is 35.2 Å². The second-order valence-electron chi connectivity index (χ2n) is 4.55. The summed E-state index contributed by atoms with van der Waals surface area (Å²) < 4.78 is 0. The molecule has 1 fully saturated rings. The molecule has 0 radical (unpaired) electrons. The van der Waals surface area contributed by atoms with Crippen molar-refractivity contribution < 1.29 is 9.90 Å². The Morgan fingerprint density at radius 1 is 1.12 bits per heavy atom. The summed E-state index contributed by atoms with van der Waals surface area (Å²) in [7, 11) is 0. The van der Waals surface area contributed by atoms with E-state index in [1.807, 2.05) is 18.2 Å². The van der Waals surface area contributed by atoms with Crippen molar-refractivity contribution in [2.45, 2.75) is 42.2 Å². The molecule has 0 saturated heterocycles. The molecule has 0 spiro atoms. The van der Waals surface area contributed by atoms with Crippen molar-refractivity contribution in [2.75, 3.05) is 0 Å². The lowest BCUT2D eigenvalue weighted by atomic mass is 10.0. The minimum atomic E-state index is -0.625. The quantitative estimate of drug-likeness (QED) is 0.829. The molecule has 1 aromatic carbocycles. The first-order valence-corrected chi connectivity index (χ1v) is 7.10. The van der Waals surface area contributed by atoms with Gasteiger partial charge in [-0.15, -0.1) is 11.8 Å². The van der Waals surface area contributed by atoms with E-state index in [9.17, 15) is 9.90 Å². The first-order chi connectivity index (χ1) is 8.27. The minimum absolute atomic E-state index is 0.178. The van der Waals surface area contributed by atoms with Crippen molar-refractivity contribution in [3.63, 3.8) is 0 Å². The van der Waals surface area contributed by atoms with E-state index in [-0.39, 0.29) is 11.2 Å². The largest absolute Gasteiger partial charge is 0.481 e. The molecule has 1 aromatic rings. The first kappa shape index (κ1) is 12.5. The maximum atomic E-state index is 11.3. The van der Waals surface area contributed by atoms with Crippen molar-refractivity contribution in [3.05, 3.63) is 30.3 Å². The van der Waals surface area contributed by atoms with Crippen molar-refractivity contribution in [1.82, 2.24) is 0 Å². The molecule has 0 aromatic heterocycles. The van der Waals surface area contributed by atoms with Crippen LogP contribution < -0.4 is 0 Å². The van der Waals surface area contributed by atoms with Gasteiger partial charge in [-0.3, -0.25) is 4.79 Å². The second-order valence-corrected chi connectivity index (χ2v) is 5.86. The number of hydrogen-bond acceptors (Lipinski definition) is 2. The number of rotatable bonds is 3. The van der Waals surface area contributed by atoms with Gasteiger partial charge < -0.3 is 5.11 Å². The zero-order chi connectivity index (χ0) is 12.1. The van der Waals surface area contributed by atoms with Crippen LogP contribution in [0.3, 0.4) is 0 Å². The number of benzene rings is 1. The molecule has 2 rings (SSSR count). The van der Waals surface area contributed by atoms with Crippen LogP contribution in [0.4, 0.5) is 0 Å². The number of hydrogen-bond donors (Lipinski definition) is 1. The Hall–Kier alpha value is -0.960. The van der Waals surface area contributed by atoms with Gasteiger partial charge in [-0.25, -0.2) is 0 Å². The van der Waals surface area contributed by atoms with E-state index in [1.54, 1.807) is 11.8 Å². The lowest BCUT2D eigenvalue weighted by Gasteiger charge is -2.20. The lowest BCUT2D eigenvalue weighted by molar-refractivity contribution is -0.141. The van der Waals surface area contributed by atoms with Gasteiger partial charge in [0, 0.05) is 10.1 Å². The molecule has 3 heteroatoms. The summed E-state index contributed by atoms with van der Waals surface area (Å²) in [6, 6.07) is 10.1. The summed E-state index contributed by atoms with van der Waals surface area (Å²) in [5, 5.41) is 9.53. The minimum Gasteiger partial charge on any atom is -0.481 e. The number of carbonyl (C=O) groups is 1. The molecule has 0 amide bonds. The molecule has 1 aliphatic rings. The monoisotopic (exact) mass is 250 g/mol. The summed E-state index contributed by atoms with van der Waals surface area (Å²) in [6.07, 6.45) is 5.25. The summed E-state index contributed by atoms with van der Waals surface area (Å²) in [5.74, 6) is -0.803. The fourth-order valence-corrected chi connectivity index (χ4v) is 3.74. The first-order valence-electron chi connectivity index (χ1n) is 6.22. The van der Waals surface area contributed by atoms with Gasteiger partial charge in [-0.1, -0.05) is 37.5 Å². The third kappa shape index (κ3) is 3.50. The molecule has 17 heavy (non-hydrogen) atoms. The van der Waals surface area contributed by atoms with Crippen LogP contribution in [0.5, 0.6) is 0 Å². The topological polar surface area (TPSA) is 37.3 Å². The zero-order valence-electron chi connectivity index (χ0n) is 9.84. The van der Waals surface area contributed by atoms with Crippen LogP contribution in [-0.2, 0) is 4.79 Å². The molecule has 0 bridgehead atoms. The molecule has 2 atom stereocenters. The Morgan fingerprint density at radius 2 is 1.82 bits per heavy atom. The lowest BCUT2D eigenvalue weighted by Crippen LogP contribution is -2.24. The van der Waals surface area contributed by atoms with E-state index < -0.39 is 5.97 Å². The zero-order valence-corrected chi connectivity index (χ0v) is 10.7. The summed E-state index contributed by atoms with van der Waals surface area (Å²) in [5.41, 5.74) is 0. The van der Waals surface area contributed by atoms with Gasteiger partial charge >= 0.3 is 5.97 Å². The highest BCUT2D eigenvalue weighted by Gasteiger charge is 2.29. The maximum Gasteiger partial charge on any atom is 0.307 e. The van der Waals surface area contributed by atoms with Gasteiger partial charge in [0.25, 0.3) is 0 Å². The fourth-order valence-electron chi connectivity index (χ4n) is 2.37. The molecule has 1 saturated carbocycles. The van der Waals surface area contributed by atoms with Crippen molar-refractivity contribution in [1.29, 1.82) is 0 Å². The average Bonchev–Trinajstić information content (AvgIpc) is 2.56. The van der Waals surface area contributed by atoms with Gasteiger partial charge in [-0.2, -0.15) is 0 Å². The Labute approximate surface area is 106 Å². The van der Waals surface area contributed by atoms with E-state index in [0.717, 1.165) is 25.7 Å². The summed E-state index contributed by atoms with van der Waals surface area (Å²) >= 11 is 1.73. The van der Waals surface area contributed by atoms with Gasteiger partial charge in [0.2, 0.25) is 0 Å². The van der Waals surface area contributed by atoms with E-state index in [4.69, 9.17) is 0 Å². The fraction of sp³-hybridized carbons (Fsp3) is 0.500. The molecule has 2 unspecified atom stereocenters. The van der Waals surface area contributed by atoms with E-state index >= 15 is 0 Å². The standard InChI is InChI=1S/C14H18O2S/c15-14(16)12-9-5-2-6-10-13(12)17-11-7-3-1-4-8-11/h1,3-4,7-8,12-13H,2,5-6,9-10H2,(H,15,16). The smallest absolute Gasteiger partial charge is 0.307 e. The molecule has 2 nitrogen and oxygen atoms in total. The predicted molar refractivity (Wildman–Crippen MR) is 70.3 cm³/mol. The predicted octanol–water partition coefficient (Wildman–Crippen LogP) is 3.81. The summed E-state index contributed by atoms with van der Waals surface area (Å²) in [4.78, 5) is 12.5. The highest BCUT2D eigenvalue weighted by Crippen LogP contribution is 2.36. The van der Waals surface area contributed by atoms with Gasteiger partial charge in [0.15, 0.2) is 0 Å². The molecule has 0 heterocycles. The number of aliphatic carboxylic acids is 1. The third-order valence-electron chi connectivity index (χ3n) is 3.30. The van der Waals surface area contributed by atoms with E-state index in [0.29, 0.717) is 0 Å². The maximum absolute atomic E-state index is 11.3. The van der Waals surface area contributed by atoms with Gasteiger partial charge in [-0.05, 0) is 25.0 Å². The molecule has 92 valence electrons. The normalized spacial score (nSPS) is 25.2. The molecule has 0 aliphatic heterocycles. The number of thioether (sulfide) groups is 1. The van der Waals surface area contributed by atoms with Crippen LogP contribution >= 0.6 is 11.8 Å². The third-order valence-corrected chi connectivity index (χ3v) is 4.71. The van der Waals surface area contributed by atoms with E-state index in [2.05, 4.69) is 12.1 Å². The van der Waals surface area contributed by atoms with Crippen LogP contribution in [0.25, 0.3) is 0 Å². The highest BCUT2D eigenvalue weighted by atomic mass is 32.2. The van der Waals surface area contributed by atoms with Crippen molar-refractivity contribution in [3.8, 4) is 0 Å². The SMILES string of the molecule is O=C(O)C1CCCCCC1Sc1ccccc1. The molecule has 1 N–H and O–H groups in total. The van der Waals surface area contributed by atoms with Crippen LogP contribution in [0.2, 0.25) is 0 Å². The van der Waals surface area contributed by atoms with Crippen LogP contribution in [-0.4, -0.2) is 16.3 Å². The second kappa shape index (κ2) is 6.10. The van der Waals surface area contributed by atoms with Crippen LogP contribution in [0.1, 0.15) is 32.1 Å².